The number of nitrogens with zero attached hydrogens (tertiary/aromatic N) is 2. The van der Waals surface area contributed by atoms with Gasteiger partial charge in [-0.15, -0.1) is 0 Å². The van der Waals surface area contributed by atoms with Crippen LogP contribution in [0, 0.1) is 0 Å². The van der Waals surface area contributed by atoms with E-state index in [1.54, 1.807) is 48.7 Å². The molecule has 8 heteroatoms. The number of pyridine rings is 1. The van der Waals surface area contributed by atoms with Crippen molar-refractivity contribution in [1.29, 1.82) is 0 Å². The van der Waals surface area contributed by atoms with E-state index in [1.807, 2.05) is 36.4 Å². The minimum absolute atomic E-state index is 0.0888. The molecule has 3 aromatic carbocycles. The second kappa shape index (κ2) is 10.2. The van der Waals surface area contributed by atoms with Crippen LogP contribution < -0.4 is 5.32 Å². The standard InChI is InChI=1S/C29H22ClN3O4/c30-20-10-12-23-25(15-20)32-27(34)26(16-21-8-4-5-13-31-21)33(28(23)35)17-18-9-11-22(29(36)37)24(14-18)19-6-2-1-3-7-19/h1-15,26H,16-17H2,(H,32,34)(H,36,37)/t26-/m1/s1. The van der Waals surface area contributed by atoms with Gasteiger partial charge in [0.2, 0.25) is 5.91 Å². The van der Waals surface area contributed by atoms with Crippen molar-refractivity contribution in [1.82, 2.24) is 9.88 Å². The minimum Gasteiger partial charge on any atom is -0.478 e. The molecule has 1 aliphatic rings. The van der Waals surface area contributed by atoms with E-state index in [-0.39, 0.29) is 30.3 Å². The van der Waals surface area contributed by atoms with Gasteiger partial charge >= 0.3 is 5.97 Å². The number of nitrogens with one attached hydrogen (secondary N) is 1. The van der Waals surface area contributed by atoms with E-state index in [0.717, 1.165) is 5.56 Å². The first-order chi connectivity index (χ1) is 17.9. The fourth-order valence-corrected chi connectivity index (χ4v) is 4.66. The number of carboxylic acid groups (broad SMARTS) is 1. The molecule has 0 unspecified atom stereocenters. The molecule has 0 radical (unpaired) electrons. The van der Waals surface area contributed by atoms with Crippen LogP contribution in [0.3, 0.4) is 0 Å². The molecular weight excluding hydrogens is 490 g/mol. The van der Waals surface area contributed by atoms with Crippen LogP contribution in [-0.2, 0) is 17.8 Å². The average Bonchev–Trinajstić information content (AvgIpc) is 2.99. The Hall–Kier alpha value is -4.49. The monoisotopic (exact) mass is 511 g/mol. The molecule has 184 valence electrons. The maximum atomic E-state index is 13.8. The van der Waals surface area contributed by atoms with Crippen LogP contribution in [0.25, 0.3) is 11.1 Å². The molecule has 2 heterocycles. The van der Waals surface area contributed by atoms with Gasteiger partial charge in [-0.25, -0.2) is 4.79 Å². The Morgan fingerprint density at radius 1 is 0.946 bits per heavy atom. The number of fused-ring (bicyclic) bond motifs is 1. The van der Waals surface area contributed by atoms with E-state index >= 15 is 0 Å². The molecule has 0 aliphatic carbocycles. The smallest absolute Gasteiger partial charge is 0.336 e. The molecule has 0 spiro atoms. The van der Waals surface area contributed by atoms with Crippen molar-refractivity contribution in [3.63, 3.8) is 0 Å². The van der Waals surface area contributed by atoms with Crippen molar-refractivity contribution in [2.24, 2.45) is 0 Å². The van der Waals surface area contributed by atoms with Crippen LogP contribution in [0.15, 0.2) is 91.1 Å². The quantitative estimate of drug-likeness (QED) is 0.365. The lowest BCUT2D eigenvalue weighted by molar-refractivity contribution is -0.120. The zero-order chi connectivity index (χ0) is 25.9. The van der Waals surface area contributed by atoms with Gasteiger partial charge < -0.3 is 15.3 Å². The summed E-state index contributed by atoms with van der Waals surface area (Å²) in [6, 6.07) is 23.5. The number of aromatic carboxylic acids is 1. The van der Waals surface area contributed by atoms with Crippen LogP contribution in [0.5, 0.6) is 0 Å². The Morgan fingerprint density at radius 2 is 1.73 bits per heavy atom. The Morgan fingerprint density at radius 3 is 2.46 bits per heavy atom. The molecule has 1 aromatic heterocycles. The topological polar surface area (TPSA) is 99.6 Å². The van der Waals surface area contributed by atoms with Gasteiger partial charge in [-0.1, -0.05) is 54.1 Å². The molecule has 4 aromatic rings. The van der Waals surface area contributed by atoms with Crippen LogP contribution in [0.1, 0.15) is 32.0 Å². The molecule has 0 saturated heterocycles. The van der Waals surface area contributed by atoms with Gasteiger partial charge in [-0.3, -0.25) is 14.6 Å². The summed E-state index contributed by atoms with van der Waals surface area (Å²) in [7, 11) is 0. The van der Waals surface area contributed by atoms with Crippen LogP contribution in [-0.4, -0.2) is 38.8 Å². The molecule has 7 nitrogen and oxygen atoms in total. The number of anilines is 1. The Balaban J connectivity index is 1.58. The van der Waals surface area contributed by atoms with Crippen molar-refractivity contribution in [3.05, 3.63) is 119 Å². The second-order valence-corrected chi connectivity index (χ2v) is 9.14. The number of carbonyl (C=O) groups excluding carboxylic acids is 2. The Bertz CT molecular complexity index is 1490. The molecule has 1 aliphatic heterocycles. The number of halogens is 1. The molecule has 0 saturated carbocycles. The normalized spacial score (nSPS) is 15.1. The highest BCUT2D eigenvalue weighted by molar-refractivity contribution is 6.31. The van der Waals surface area contributed by atoms with Gasteiger partial charge in [0.1, 0.15) is 6.04 Å². The fraction of sp³-hybridized carbons (Fsp3) is 0.103. The first kappa shape index (κ1) is 24.2. The van der Waals surface area contributed by atoms with Crippen LogP contribution in [0.4, 0.5) is 5.69 Å². The number of aromatic nitrogens is 1. The lowest BCUT2D eigenvalue weighted by Crippen LogP contribution is -2.46. The third-order valence-corrected chi connectivity index (χ3v) is 6.53. The zero-order valence-electron chi connectivity index (χ0n) is 19.6. The number of amides is 2. The van der Waals surface area contributed by atoms with E-state index in [0.29, 0.717) is 33.1 Å². The molecule has 1 atom stereocenters. The lowest BCUT2D eigenvalue weighted by Gasteiger charge is -2.29. The third-order valence-electron chi connectivity index (χ3n) is 6.29. The largest absolute Gasteiger partial charge is 0.478 e. The summed E-state index contributed by atoms with van der Waals surface area (Å²) in [4.78, 5) is 45.0. The van der Waals surface area contributed by atoms with Crippen molar-refractivity contribution in [2.45, 2.75) is 19.0 Å². The molecule has 37 heavy (non-hydrogen) atoms. The predicted molar refractivity (Wildman–Crippen MR) is 141 cm³/mol. The highest BCUT2D eigenvalue weighted by Gasteiger charge is 2.36. The fourth-order valence-electron chi connectivity index (χ4n) is 4.49. The average molecular weight is 512 g/mol. The summed E-state index contributed by atoms with van der Waals surface area (Å²) in [5, 5.41) is 13.0. The highest BCUT2D eigenvalue weighted by atomic mass is 35.5. The number of hydrogen-bond donors (Lipinski definition) is 2. The van der Waals surface area contributed by atoms with E-state index in [4.69, 9.17) is 11.6 Å². The second-order valence-electron chi connectivity index (χ2n) is 8.70. The molecule has 2 amide bonds. The van der Waals surface area contributed by atoms with E-state index in [2.05, 4.69) is 10.3 Å². The van der Waals surface area contributed by atoms with E-state index < -0.39 is 12.0 Å². The first-order valence-corrected chi connectivity index (χ1v) is 12.0. The maximum Gasteiger partial charge on any atom is 0.336 e. The summed E-state index contributed by atoms with van der Waals surface area (Å²) in [6.07, 6.45) is 1.85. The predicted octanol–water partition coefficient (Wildman–Crippen LogP) is 5.31. The zero-order valence-corrected chi connectivity index (χ0v) is 20.4. The summed E-state index contributed by atoms with van der Waals surface area (Å²) in [5.74, 6) is -1.74. The molecular formula is C29H22ClN3O4. The molecule has 5 rings (SSSR count). The van der Waals surface area contributed by atoms with Crippen molar-refractivity contribution in [3.8, 4) is 11.1 Å². The number of rotatable bonds is 6. The minimum atomic E-state index is -1.05. The SMILES string of the molecule is O=C(O)c1ccc(CN2C(=O)c3ccc(Cl)cc3NC(=O)[C@H]2Cc2ccccn2)cc1-c1ccccc1. The number of hydrogen-bond acceptors (Lipinski definition) is 4. The van der Waals surface area contributed by atoms with Gasteiger partial charge in [0, 0.05) is 29.9 Å². The summed E-state index contributed by atoms with van der Waals surface area (Å²) in [6.45, 7) is 0.0888. The van der Waals surface area contributed by atoms with Gasteiger partial charge in [0.05, 0.1) is 16.8 Å². The highest BCUT2D eigenvalue weighted by Crippen LogP contribution is 2.30. The number of benzene rings is 3. The summed E-state index contributed by atoms with van der Waals surface area (Å²) < 4.78 is 0. The van der Waals surface area contributed by atoms with E-state index in [1.165, 1.54) is 11.0 Å². The van der Waals surface area contributed by atoms with E-state index in [9.17, 15) is 19.5 Å². The lowest BCUT2D eigenvalue weighted by atomic mass is 9.96. The van der Waals surface area contributed by atoms with Crippen molar-refractivity contribution in [2.75, 3.05) is 5.32 Å². The van der Waals surface area contributed by atoms with Crippen LogP contribution in [0.2, 0.25) is 5.02 Å². The first-order valence-electron chi connectivity index (χ1n) is 11.6. The number of carboxylic acids is 1. The Labute approximate surface area is 218 Å². The summed E-state index contributed by atoms with van der Waals surface area (Å²) in [5.41, 5.74) is 3.45. The molecule has 0 fully saturated rings. The maximum absolute atomic E-state index is 13.8. The van der Waals surface area contributed by atoms with Gasteiger partial charge in [0.15, 0.2) is 0 Å². The van der Waals surface area contributed by atoms with Gasteiger partial charge in [-0.05, 0) is 59.2 Å². The van der Waals surface area contributed by atoms with Crippen molar-refractivity contribution >= 4 is 35.1 Å². The molecule has 0 bridgehead atoms. The summed E-state index contributed by atoms with van der Waals surface area (Å²) >= 11 is 6.14. The molecule has 2 N–H and O–H groups in total. The van der Waals surface area contributed by atoms with Crippen LogP contribution >= 0.6 is 11.6 Å². The Kier molecular flexibility index (Phi) is 6.70. The third kappa shape index (κ3) is 5.08. The number of carbonyl (C=O) groups is 3. The van der Waals surface area contributed by atoms with Crippen molar-refractivity contribution < 1.29 is 19.5 Å². The van der Waals surface area contributed by atoms with Gasteiger partial charge in [-0.2, -0.15) is 0 Å². The van der Waals surface area contributed by atoms with Gasteiger partial charge in [0.25, 0.3) is 5.91 Å².